The van der Waals surface area contributed by atoms with E-state index in [1.165, 1.54) is 101 Å². The van der Waals surface area contributed by atoms with Crippen molar-refractivity contribution >= 4 is 17.1 Å². The molecule has 54 heavy (non-hydrogen) atoms. The molecule has 6 aliphatic rings. The number of nitrogens with zero attached hydrogens (tertiary/aromatic N) is 1. The van der Waals surface area contributed by atoms with Gasteiger partial charge in [0.1, 0.15) is 11.5 Å². The van der Waals surface area contributed by atoms with Crippen molar-refractivity contribution in [3.63, 3.8) is 0 Å². The molecule has 0 aromatic heterocycles. The van der Waals surface area contributed by atoms with Crippen LogP contribution in [0.4, 0.5) is 17.1 Å². The fourth-order valence-corrected chi connectivity index (χ4v) is 12.2. The predicted molar refractivity (Wildman–Crippen MR) is 225 cm³/mol. The highest BCUT2D eigenvalue weighted by Gasteiger charge is 2.61. The Morgan fingerprint density at radius 1 is 0.519 bits per heavy atom. The van der Waals surface area contributed by atoms with Gasteiger partial charge in [-0.05, 0) is 161 Å². The van der Waals surface area contributed by atoms with E-state index in [1.54, 1.807) is 0 Å². The van der Waals surface area contributed by atoms with E-state index in [1.807, 2.05) is 0 Å². The van der Waals surface area contributed by atoms with Crippen LogP contribution in [-0.4, -0.2) is 0 Å². The molecule has 5 aliphatic carbocycles. The van der Waals surface area contributed by atoms with E-state index in [4.69, 9.17) is 4.74 Å². The van der Waals surface area contributed by atoms with Crippen molar-refractivity contribution in [3.8, 4) is 22.6 Å². The number of hydrogen-bond acceptors (Lipinski definition) is 2. The first-order chi connectivity index (χ1) is 25.8. The topological polar surface area (TPSA) is 12.5 Å². The van der Waals surface area contributed by atoms with Crippen LogP contribution >= 0.6 is 0 Å². The van der Waals surface area contributed by atoms with Crippen LogP contribution in [-0.2, 0) is 21.7 Å². The Morgan fingerprint density at radius 2 is 1.07 bits per heavy atom. The Morgan fingerprint density at radius 3 is 1.72 bits per heavy atom. The Bertz CT molecular complexity index is 2220. The van der Waals surface area contributed by atoms with Gasteiger partial charge in [0.05, 0.1) is 0 Å². The van der Waals surface area contributed by atoms with Gasteiger partial charge in [0.15, 0.2) is 0 Å². The molecule has 0 atom stereocenters. The summed E-state index contributed by atoms with van der Waals surface area (Å²) >= 11 is 0. The van der Waals surface area contributed by atoms with Gasteiger partial charge in [0.25, 0.3) is 0 Å². The molecule has 0 N–H and O–H groups in total. The fraction of sp³-hybridized carbons (Fsp3) is 0.423. The second-order valence-electron chi connectivity index (χ2n) is 20.2. The smallest absolute Gasteiger partial charge is 0.131 e. The number of anilines is 3. The number of para-hydroxylation sites is 1. The molecule has 5 aromatic carbocycles. The van der Waals surface area contributed by atoms with Crippen LogP contribution in [0.25, 0.3) is 11.1 Å². The predicted octanol–water partition coefficient (Wildman–Crippen LogP) is 14.3. The van der Waals surface area contributed by atoms with Crippen molar-refractivity contribution in [1.29, 1.82) is 0 Å². The van der Waals surface area contributed by atoms with E-state index >= 15 is 0 Å². The zero-order valence-corrected chi connectivity index (χ0v) is 33.5. The number of benzene rings is 5. The van der Waals surface area contributed by atoms with Crippen LogP contribution in [0.5, 0.6) is 11.5 Å². The van der Waals surface area contributed by atoms with Crippen LogP contribution in [0.3, 0.4) is 0 Å². The molecule has 1 heterocycles. The molecule has 4 bridgehead atoms. The summed E-state index contributed by atoms with van der Waals surface area (Å²) in [6.07, 6.45) is 9.30. The van der Waals surface area contributed by atoms with E-state index in [-0.39, 0.29) is 21.7 Å². The van der Waals surface area contributed by atoms with Crippen LogP contribution in [0, 0.1) is 23.7 Å². The molecule has 4 fully saturated rings. The summed E-state index contributed by atoms with van der Waals surface area (Å²) in [5.74, 6) is 5.25. The maximum atomic E-state index is 6.82. The second-order valence-corrected chi connectivity index (χ2v) is 20.2. The number of hydrogen-bond donors (Lipinski definition) is 0. The van der Waals surface area contributed by atoms with Gasteiger partial charge in [-0.2, -0.15) is 0 Å². The van der Waals surface area contributed by atoms with Crippen molar-refractivity contribution in [2.24, 2.45) is 23.7 Å². The Labute approximate surface area is 324 Å². The van der Waals surface area contributed by atoms with Crippen molar-refractivity contribution in [2.45, 2.75) is 115 Å². The summed E-state index contributed by atoms with van der Waals surface area (Å²) in [6, 6.07) is 42.0. The SMILES string of the molecule is CC(C)(C)c1ccc(N(c2ccc(-c3ccc4c(c3)C(C)(C)CCC4(C)C)cc2)c2ccc3c(c2)C2(c4ccccc4O3)C3CC4CC(C3)CC2C4)cc1. The molecular formula is C52H57NO. The average molecular weight is 712 g/mol. The summed E-state index contributed by atoms with van der Waals surface area (Å²) in [4.78, 5) is 2.49. The van der Waals surface area contributed by atoms with Crippen LogP contribution in [0.1, 0.15) is 121 Å². The third-order valence-electron chi connectivity index (χ3n) is 14.9. The maximum Gasteiger partial charge on any atom is 0.131 e. The van der Waals surface area contributed by atoms with Crippen molar-refractivity contribution in [1.82, 2.24) is 0 Å². The van der Waals surface area contributed by atoms with Crippen LogP contribution in [0.2, 0.25) is 0 Å². The molecule has 2 heteroatoms. The number of rotatable bonds is 4. The van der Waals surface area contributed by atoms with Crippen molar-refractivity contribution < 1.29 is 4.74 Å². The highest BCUT2D eigenvalue weighted by Crippen LogP contribution is 2.69. The minimum Gasteiger partial charge on any atom is -0.457 e. The Hall–Kier alpha value is -4.30. The van der Waals surface area contributed by atoms with Gasteiger partial charge in [0, 0.05) is 33.6 Å². The molecule has 276 valence electrons. The zero-order chi connectivity index (χ0) is 37.2. The third kappa shape index (κ3) is 5.18. The normalized spacial score (nSPS) is 26.8. The summed E-state index contributed by atoms with van der Waals surface area (Å²) in [7, 11) is 0. The summed E-state index contributed by atoms with van der Waals surface area (Å²) in [5.41, 5.74) is 13.9. The highest BCUT2D eigenvalue weighted by atomic mass is 16.5. The van der Waals surface area contributed by atoms with Gasteiger partial charge in [-0.25, -0.2) is 0 Å². The minimum absolute atomic E-state index is 0.00795. The molecule has 11 rings (SSSR count). The van der Waals surface area contributed by atoms with E-state index in [2.05, 4.69) is 163 Å². The zero-order valence-electron chi connectivity index (χ0n) is 33.5. The molecule has 0 unspecified atom stereocenters. The van der Waals surface area contributed by atoms with Crippen LogP contribution in [0.15, 0.2) is 109 Å². The summed E-state index contributed by atoms with van der Waals surface area (Å²) in [6.45, 7) is 16.6. The average Bonchev–Trinajstić information content (AvgIpc) is 3.15. The first-order valence-corrected chi connectivity index (χ1v) is 20.9. The fourth-order valence-electron chi connectivity index (χ4n) is 12.2. The summed E-state index contributed by atoms with van der Waals surface area (Å²) < 4.78 is 6.82. The van der Waals surface area contributed by atoms with Gasteiger partial charge in [-0.15, -0.1) is 0 Å². The highest BCUT2D eigenvalue weighted by molar-refractivity contribution is 5.80. The molecular weight excluding hydrogens is 655 g/mol. The molecule has 5 aromatic rings. The second kappa shape index (κ2) is 11.8. The lowest BCUT2D eigenvalue weighted by molar-refractivity contribution is -0.0452. The van der Waals surface area contributed by atoms with Gasteiger partial charge in [-0.3, -0.25) is 0 Å². The molecule has 0 radical (unpaired) electrons. The third-order valence-corrected chi connectivity index (χ3v) is 14.9. The maximum absolute atomic E-state index is 6.82. The lowest BCUT2D eigenvalue weighted by Gasteiger charge is -2.63. The van der Waals surface area contributed by atoms with E-state index in [9.17, 15) is 0 Å². The Kier molecular flexibility index (Phi) is 7.51. The lowest BCUT2D eigenvalue weighted by Crippen LogP contribution is -2.57. The van der Waals surface area contributed by atoms with Gasteiger partial charge < -0.3 is 9.64 Å². The minimum atomic E-state index is 0.00795. The molecule has 1 aliphatic heterocycles. The molecule has 2 nitrogen and oxygen atoms in total. The first kappa shape index (κ1) is 34.2. The van der Waals surface area contributed by atoms with Gasteiger partial charge >= 0.3 is 0 Å². The van der Waals surface area contributed by atoms with E-state index in [0.717, 1.165) is 23.3 Å². The quantitative estimate of drug-likeness (QED) is 0.184. The molecule has 4 saturated carbocycles. The largest absolute Gasteiger partial charge is 0.457 e. The van der Waals surface area contributed by atoms with Crippen LogP contribution < -0.4 is 9.64 Å². The van der Waals surface area contributed by atoms with Gasteiger partial charge in [0.2, 0.25) is 0 Å². The van der Waals surface area contributed by atoms with E-state index in [0.29, 0.717) is 11.8 Å². The summed E-state index contributed by atoms with van der Waals surface area (Å²) in [5, 5.41) is 0. The van der Waals surface area contributed by atoms with E-state index < -0.39 is 0 Å². The lowest BCUT2D eigenvalue weighted by atomic mass is 9.42. The molecule has 1 spiro atoms. The number of ether oxygens (including phenoxy) is 1. The monoisotopic (exact) mass is 711 g/mol. The van der Waals surface area contributed by atoms with Crippen molar-refractivity contribution in [3.05, 3.63) is 137 Å². The molecule has 0 amide bonds. The van der Waals surface area contributed by atoms with Gasteiger partial charge in [-0.1, -0.05) is 109 Å². The number of fused-ring (bicyclic) bond motifs is 3. The first-order valence-electron chi connectivity index (χ1n) is 20.9. The molecule has 0 saturated heterocycles. The Balaban J connectivity index is 1.10. The standard InChI is InChI=1S/C52H57NO/c1-49(2,3)37-15-19-41(20-16-37)53(40-17-12-35(13-18-40)36-14-22-43-45(31-36)51(6,7)25-24-50(43,4)5)42-21-23-48-46(32-42)52(44-10-8-9-11-47(44)54-48)38-27-33-26-34(29-38)30-39(52)28-33/h8-23,31-34,38-39H,24-30H2,1-7H3. The van der Waals surface area contributed by atoms with Crippen molar-refractivity contribution in [2.75, 3.05) is 4.90 Å².